The number of nitrogens with two attached hydrogens (primary N) is 1. The van der Waals surface area contributed by atoms with Crippen LogP contribution in [-0.4, -0.2) is 29.8 Å². The smallest absolute Gasteiger partial charge is 0.363 e. The quantitative estimate of drug-likeness (QED) is 0.289. The second-order valence-electron chi connectivity index (χ2n) is 1.29. The molecule has 0 rings (SSSR count). The molecule has 10 heavy (non-hydrogen) atoms. The number of amides is 1. The van der Waals surface area contributed by atoms with Crippen LogP contribution in [-0.2, 0) is 14.4 Å². The third kappa shape index (κ3) is 2.12. The molecule has 0 aromatic rings. The fourth-order valence-corrected chi connectivity index (χ4v) is 0.281. The molecule has 0 saturated heterocycles. The lowest BCUT2D eigenvalue weighted by molar-refractivity contribution is -0.130. The highest BCUT2D eigenvalue weighted by Crippen LogP contribution is 1.78. The average Bonchev–Trinajstić information content (AvgIpc) is 1.81. The molecule has 0 aromatic heterocycles. The van der Waals surface area contributed by atoms with E-state index in [9.17, 15) is 9.59 Å². The van der Waals surface area contributed by atoms with Crippen LogP contribution in [0.2, 0.25) is 0 Å². The van der Waals surface area contributed by atoms with Gasteiger partial charge in [0.1, 0.15) is 7.11 Å². The fraction of sp³-hybridized carbons (Fsp3) is 0.250. The van der Waals surface area contributed by atoms with Gasteiger partial charge < -0.3 is 15.7 Å². The molecule has 0 aliphatic carbocycles. The van der Waals surface area contributed by atoms with Crippen molar-refractivity contribution in [1.29, 1.82) is 0 Å². The van der Waals surface area contributed by atoms with Gasteiger partial charge in [-0.1, -0.05) is 5.16 Å². The third-order valence-corrected chi connectivity index (χ3v) is 0.619. The van der Waals surface area contributed by atoms with Gasteiger partial charge in [-0.05, 0) is 0 Å². The molecule has 1 amide bonds. The number of aliphatic carboxylic acids is 1. The average molecular weight is 146 g/mol. The van der Waals surface area contributed by atoms with Gasteiger partial charge in [-0.3, -0.25) is 4.79 Å². The molecule has 0 spiro atoms. The molecule has 3 N–H and O–H groups in total. The molecule has 0 fully saturated rings. The maximum absolute atomic E-state index is 10.2. The van der Waals surface area contributed by atoms with Crippen molar-refractivity contribution in [3.63, 3.8) is 0 Å². The van der Waals surface area contributed by atoms with Gasteiger partial charge in [-0.25, -0.2) is 4.79 Å². The number of rotatable bonds is 3. The lowest BCUT2D eigenvalue weighted by Gasteiger charge is -1.91. The first-order valence-corrected chi connectivity index (χ1v) is 2.23. The molecule has 0 atom stereocenters. The third-order valence-electron chi connectivity index (χ3n) is 0.619. The van der Waals surface area contributed by atoms with E-state index in [-0.39, 0.29) is 0 Å². The summed E-state index contributed by atoms with van der Waals surface area (Å²) >= 11 is 0. The predicted octanol–water partition coefficient (Wildman–Crippen LogP) is -1.44. The van der Waals surface area contributed by atoms with E-state index in [2.05, 4.69) is 15.7 Å². The van der Waals surface area contributed by atoms with Gasteiger partial charge in [0.05, 0.1) is 0 Å². The van der Waals surface area contributed by atoms with E-state index in [4.69, 9.17) is 5.11 Å². The Morgan fingerprint density at radius 1 is 1.60 bits per heavy atom. The van der Waals surface area contributed by atoms with Crippen LogP contribution in [0.4, 0.5) is 0 Å². The largest absolute Gasteiger partial charge is 0.476 e. The van der Waals surface area contributed by atoms with Crippen molar-refractivity contribution in [3.8, 4) is 0 Å². The highest BCUT2D eigenvalue weighted by Gasteiger charge is 2.16. The van der Waals surface area contributed by atoms with Crippen LogP contribution in [0.5, 0.6) is 0 Å². The van der Waals surface area contributed by atoms with Crippen molar-refractivity contribution >= 4 is 17.6 Å². The lowest BCUT2D eigenvalue weighted by Crippen LogP contribution is -2.30. The molecule has 56 valence electrons. The molecular weight excluding hydrogens is 140 g/mol. The molecule has 0 bridgehead atoms. The maximum atomic E-state index is 10.2. The Balaban J connectivity index is 4.42. The zero-order chi connectivity index (χ0) is 8.15. The SMILES string of the molecule is CON=C(C(N)=O)C(=O)O. The van der Waals surface area contributed by atoms with Crippen molar-refractivity contribution in [2.24, 2.45) is 10.9 Å². The summed E-state index contributed by atoms with van der Waals surface area (Å²) in [6.07, 6.45) is 0. The predicted molar refractivity (Wildman–Crippen MR) is 31.3 cm³/mol. The zero-order valence-corrected chi connectivity index (χ0v) is 5.20. The normalized spacial score (nSPS) is 10.7. The monoisotopic (exact) mass is 146 g/mol. The minimum Gasteiger partial charge on any atom is -0.476 e. The number of carboxylic acid groups (broad SMARTS) is 1. The number of carbonyl (C=O) groups excluding carboxylic acids is 1. The van der Waals surface area contributed by atoms with Crippen LogP contribution < -0.4 is 5.73 Å². The number of nitrogens with zero attached hydrogens (tertiary/aromatic N) is 1. The summed E-state index contributed by atoms with van der Waals surface area (Å²) in [5.41, 5.74) is 3.78. The van der Waals surface area contributed by atoms with E-state index in [0.29, 0.717) is 0 Å². The Hall–Kier alpha value is -1.59. The topological polar surface area (TPSA) is 102 Å². The Morgan fingerprint density at radius 2 is 2.10 bits per heavy atom. The highest BCUT2D eigenvalue weighted by atomic mass is 16.6. The standard InChI is InChI=1S/C4H6N2O4/c1-10-6-2(3(5)7)4(8)9/h1H3,(H2,5,7)(H,8,9). The van der Waals surface area contributed by atoms with E-state index in [0.717, 1.165) is 7.11 Å². The first kappa shape index (κ1) is 8.41. The van der Waals surface area contributed by atoms with Crippen LogP contribution in [0.25, 0.3) is 0 Å². The van der Waals surface area contributed by atoms with E-state index in [1.54, 1.807) is 0 Å². The number of primary amides is 1. The number of hydrogen-bond acceptors (Lipinski definition) is 4. The zero-order valence-electron chi connectivity index (χ0n) is 5.20. The summed E-state index contributed by atoms with van der Waals surface area (Å²) in [5.74, 6) is -2.64. The highest BCUT2D eigenvalue weighted by molar-refractivity contribution is 6.63. The van der Waals surface area contributed by atoms with E-state index < -0.39 is 17.6 Å². The van der Waals surface area contributed by atoms with Gasteiger partial charge in [-0.15, -0.1) is 0 Å². The second kappa shape index (κ2) is 3.44. The summed E-state index contributed by atoms with van der Waals surface area (Å²) in [5, 5.41) is 11.0. The number of oxime groups is 1. The molecular formula is C4H6N2O4. The first-order valence-electron chi connectivity index (χ1n) is 2.23. The number of hydrogen-bond donors (Lipinski definition) is 2. The first-order chi connectivity index (χ1) is 4.59. The molecule has 0 aliphatic heterocycles. The summed E-state index contributed by atoms with van der Waals surface area (Å²) in [7, 11) is 1.12. The van der Waals surface area contributed by atoms with Gasteiger partial charge >= 0.3 is 5.97 Å². The van der Waals surface area contributed by atoms with Gasteiger partial charge in [0.25, 0.3) is 11.6 Å². The van der Waals surface area contributed by atoms with E-state index in [1.807, 2.05) is 0 Å². The summed E-state index contributed by atoms with van der Waals surface area (Å²) in [6, 6.07) is 0. The van der Waals surface area contributed by atoms with E-state index in [1.165, 1.54) is 0 Å². The van der Waals surface area contributed by atoms with Crippen LogP contribution in [0.3, 0.4) is 0 Å². The van der Waals surface area contributed by atoms with Crippen LogP contribution in [0.1, 0.15) is 0 Å². The Kier molecular flexibility index (Phi) is 2.89. The van der Waals surface area contributed by atoms with Crippen molar-refractivity contribution in [2.45, 2.75) is 0 Å². The van der Waals surface area contributed by atoms with Crippen LogP contribution in [0.15, 0.2) is 5.16 Å². The molecule has 0 heterocycles. The number of carbonyl (C=O) groups is 2. The molecule has 6 nitrogen and oxygen atoms in total. The minimum absolute atomic E-state index is 0.817. The maximum Gasteiger partial charge on any atom is 0.363 e. The summed E-state index contributed by atoms with van der Waals surface area (Å²) in [4.78, 5) is 24.2. The molecule has 6 heteroatoms. The Morgan fingerprint density at radius 3 is 2.20 bits per heavy atom. The minimum atomic E-state index is -1.51. The van der Waals surface area contributed by atoms with Crippen molar-refractivity contribution in [2.75, 3.05) is 7.11 Å². The summed E-state index contributed by atoms with van der Waals surface area (Å²) in [6.45, 7) is 0. The van der Waals surface area contributed by atoms with Gasteiger partial charge in [0.15, 0.2) is 0 Å². The van der Waals surface area contributed by atoms with Gasteiger partial charge in [0, 0.05) is 0 Å². The van der Waals surface area contributed by atoms with Crippen molar-refractivity contribution < 1.29 is 19.5 Å². The van der Waals surface area contributed by atoms with Gasteiger partial charge in [-0.2, -0.15) is 0 Å². The Bertz CT molecular complexity index is 170. The van der Waals surface area contributed by atoms with Crippen LogP contribution in [0, 0.1) is 0 Å². The summed E-state index contributed by atoms with van der Waals surface area (Å²) < 4.78 is 0. The molecule has 0 saturated carbocycles. The molecule has 0 aliphatic rings. The Labute approximate surface area is 56.3 Å². The van der Waals surface area contributed by atoms with Crippen LogP contribution >= 0.6 is 0 Å². The molecule has 0 unspecified atom stereocenters. The van der Waals surface area contributed by atoms with E-state index >= 15 is 0 Å². The lowest BCUT2D eigenvalue weighted by atomic mass is 10.4. The molecule has 0 aromatic carbocycles. The number of carboxylic acids is 1. The van der Waals surface area contributed by atoms with Gasteiger partial charge in [0.2, 0.25) is 0 Å². The second-order valence-corrected chi connectivity index (χ2v) is 1.29. The fourth-order valence-electron chi connectivity index (χ4n) is 0.281. The van der Waals surface area contributed by atoms with Crippen molar-refractivity contribution in [3.05, 3.63) is 0 Å². The van der Waals surface area contributed by atoms with Crippen molar-refractivity contribution in [1.82, 2.24) is 0 Å². The molecule has 0 radical (unpaired) electrons.